The van der Waals surface area contributed by atoms with Gasteiger partial charge >= 0.3 is 12.1 Å². The number of aliphatic carboxylic acids is 1. The summed E-state index contributed by atoms with van der Waals surface area (Å²) >= 11 is 12.0. The van der Waals surface area contributed by atoms with E-state index in [1.807, 2.05) is 0 Å². The number of rotatable bonds is 9. The number of carbonyl (C=O) groups is 3. The predicted octanol–water partition coefficient (Wildman–Crippen LogP) is 3.76. The van der Waals surface area contributed by atoms with Gasteiger partial charge in [0.2, 0.25) is 0 Å². The fourth-order valence-electron chi connectivity index (χ4n) is 3.03. The Balaban J connectivity index is 1.95. The van der Waals surface area contributed by atoms with E-state index in [1.54, 1.807) is 45.0 Å². The van der Waals surface area contributed by atoms with Crippen LogP contribution in [0.15, 0.2) is 35.1 Å². The molecule has 0 aliphatic rings. The third-order valence-corrected chi connectivity index (χ3v) is 4.91. The highest BCUT2D eigenvalue weighted by molar-refractivity contribution is 6.34. The van der Waals surface area contributed by atoms with Crippen LogP contribution in [0.1, 0.15) is 55.2 Å². The minimum absolute atomic E-state index is 0.0440. The zero-order valence-electron chi connectivity index (χ0n) is 19.0. The second-order valence-electron chi connectivity index (χ2n) is 8.62. The van der Waals surface area contributed by atoms with Gasteiger partial charge in [-0.15, -0.1) is 0 Å². The molecular weight excluding hydrogens is 485 g/mol. The van der Waals surface area contributed by atoms with Gasteiger partial charge in [0.25, 0.3) is 11.5 Å². The molecule has 1 aromatic heterocycles. The molecule has 0 spiro atoms. The number of benzene rings is 1. The van der Waals surface area contributed by atoms with Crippen molar-refractivity contribution in [2.45, 2.75) is 51.7 Å². The molecule has 9 nitrogen and oxygen atoms in total. The topological polar surface area (TPSA) is 138 Å². The number of ether oxygens (including phenoxy) is 1. The molecule has 0 radical (unpaired) electrons. The van der Waals surface area contributed by atoms with Gasteiger partial charge < -0.3 is 25.5 Å². The highest BCUT2D eigenvalue weighted by Gasteiger charge is 2.22. The van der Waals surface area contributed by atoms with Gasteiger partial charge in [0.1, 0.15) is 17.2 Å². The largest absolute Gasteiger partial charge is 0.480 e. The van der Waals surface area contributed by atoms with Gasteiger partial charge in [-0.05, 0) is 69.5 Å². The van der Waals surface area contributed by atoms with Crippen molar-refractivity contribution in [1.29, 1.82) is 0 Å². The first kappa shape index (κ1) is 27.2. The second kappa shape index (κ2) is 11.9. The van der Waals surface area contributed by atoms with Crippen molar-refractivity contribution in [3.63, 3.8) is 0 Å². The Morgan fingerprint density at radius 1 is 1.12 bits per heavy atom. The van der Waals surface area contributed by atoms with E-state index < -0.39 is 35.2 Å². The molecule has 0 unspecified atom stereocenters. The lowest BCUT2D eigenvalue weighted by Crippen LogP contribution is -2.43. The van der Waals surface area contributed by atoms with Crippen LogP contribution in [0.5, 0.6) is 0 Å². The summed E-state index contributed by atoms with van der Waals surface area (Å²) in [5.41, 5.74) is -0.213. The molecule has 0 aliphatic heterocycles. The molecule has 2 aromatic rings. The summed E-state index contributed by atoms with van der Waals surface area (Å²) in [5.74, 6) is -2.07. The molecule has 0 bridgehead atoms. The van der Waals surface area contributed by atoms with E-state index in [9.17, 15) is 24.3 Å². The van der Waals surface area contributed by atoms with Crippen LogP contribution in [0.2, 0.25) is 10.0 Å². The summed E-state index contributed by atoms with van der Waals surface area (Å²) in [5, 5.41) is 15.2. The van der Waals surface area contributed by atoms with Crippen molar-refractivity contribution in [2.75, 3.05) is 6.54 Å². The minimum Gasteiger partial charge on any atom is -0.480 e. The average molecular weight is 512 g/mol. The van der Waals surface area contributed by atoms with Gasteiger partial charge in [-0.3, -0.25) is 9.59 Å². The van der Waals surface area contributed by atoms with E-state index >= 15 is 0 Å². The summed E-state index contributed by atoms with van der Waals surface area (Å²) in [6.07, 6.45) is 0.0333. The fraction of sp³-hybridized carbons (Fsp3) is 0.391. The maximum Gasteiger partial charge on any atom is 0.407 e. The molecule has 0 saturated heterocycles. The van der Waals surface area contributed by atoms with E-state index in [1.165, 1.54) is 6.07 Å². The van der Waals surface area contributed by atoms with Gasteiger partial charge in [0, 0.05) is 28.7 Å². The monoisotopic (exact) mass is 511 g/mol. The Bertz CT molecular complexity index is 1090. The SMILES string of the molecule is CC(C)(C)OC(=O)NCCC[C@H](NC(=O)c1ccc(Cc2cc(Cl)cc(Cl)c2)[nH]c1=O)C(=O)O. The summed E-state index contributed by atoms with van der Waals surface area (Å²) in [6.45, 7) is 5.34. The number of amides is 2. The zero-order valence-corrected chi connectivity index (χ0v) is 20.5. The number of H-pyrrole nitrogens is 1. The molecule has 2 rings (SSSR count). The van der Waals surface area contributed by atoms with Crippen molar-refractivity contribution in [1.82, 2.24) is 15.6 Å². The molecule has 34 heavy (non-hydrogen) atoms. The number of aromatic nitrogens is 1. The molecule has 1 heterocycles. The van der Waals surface area contributed by atoms with Crippen LogP contribution in [0.4, 0.5) is 4.79 Å². The maximum absolute atomic E-state index is 12.5. The van der Waals surface area contributed by atoms with Gasteiger partial charge in [0.15, 0.2) is 0 Å². The van der Waals surface area contributed by atoms with Gasteiger partial charge in [-0.2, -0.15) is 0 Å². The number of hydrogen-bond donors (Lipinski definition) is 4. The molecule has 1 atom stereocenters. The molecule has 184 valence electrons. The number of nitrogens with one attached hydrogen (secondary N) is 3. The van der Waals surface area contributed by atoms with Crippen LogP contribution in [0, 0.1) is 0 Å². The fourth-order valence-corrected chi connectivity index (χ4v) is 3.60. The Labute approximate surface area is 206 Å². The van der Waals surface area contributed by atoms with E-state index in [4.69, 9.17) is 27.9 Å². The molecule has 0 fully saturated rings. The number of halogens is 2. The van der Waals surface area contributed by atoms with Crippen LogP contribution >= 0.6 is 23.2 Å². The standard InChI is InChI=1S/C23H27Cl2N3O6/c1-23(2,3)34-22(33)26-8-4-5-18(21(31)32)28-20(30)17-7-6-16(27-19(17)29)11-13-9-14(24)12-15(25)10-13/h6-7,9-10,12,18H,4-5,8,11H2,1-3H3,(H,26,33)(H,27,29)(H,28,30)(H,31,32)/t18-/m0/s1. The van der Waals surface area contributed by atoms with Crippen molar-refractivity contribution < 1.29 is 24.2 Å². The van der Waals surface area contributed by atoms with Gasteiger partial charge in [-0.25, -0.2) is 9.59 Å². The van der Waals surface area contributed by atoms with Gasteiger partial charge in [-0.1, -0.05) is 23.2 Å². The van der Waals surface area contributed by atoms with Crippen LogP contribution < -0.4 is 16.2 Å². The maximum atomic E-state index is 12.5. The summed E-state index contributed by atoms with van der Waals surface area (Å²) < 4.78 is 5.10. The Morgan fingerprint density at radius 2 is 1.76 bits per heavy atom. The average Bonchev–Trinajstić information content (AvgIpc) is 2.67. The molecule has 4 N–H and O–H groups in total. The number of carboxylic acid groups (broad SMARTS) is 1. The third-order valence-electron chi connectivity index (χ3n) is 4.47. The summed E-state index contributed by atoms with van der Waals surface area (Å²) in [4.78, 5) is 50.8. The predicted molar refractivity (Wildman–Crippen MR) is 129 cm³/mol. The van der Waals surface area contributed by atoms with Crippen LogP contribution in [0.25, 0.3) is 0 Å². The summed E-state index contributed by atoms with van der Waals surface area (Å²) in [7, 11) is 0. The first-order valence-electron chi connectivity index (χ1n) is 10.5. The summed E-state index contributed by atoms with van der Waals surface area (Å²) in [6, 6.07) is 6.67. The first-order valence-corrected chi connectivity index (χ1v) is 11.3. The normalized spacial score (nSPS) is 12.0. The number of aromatic amines is 1. The quantitative estimate of drug-likeness (QED) is 0.378. The highest BCUT2D eigenvalue weighted by atomic mass is 35.5. The van der Waals surface area contributed by atoms with Crippen LogP contribution in [0.3, 0.4) is 0 Å². The van der Waals surface area contributed by atoms with Crippen molar-refractivity contribution in [3.05, 3.63) is 67.6 Å². The van der Waals surface area contributed by atoms with Crippen molar-refractivity contribution >= 4 is 41.2 Å². The molecule has 2 amide bonds. The van der Waals surface area contributed by atoms with E-state index in [0.717, 1.165) is 5.56 Å². The van der Waals surface area contributed by atoms with Crippen molar-refractivity contribution in [2.24, 2.45) is 0 Å². The lowest BCUT2D eigenvalue weighted by Gasteiger charge is -2.20. The van der Waals surface area contributed by atoms with E-state index in [2.05, 4.69) is 15.6 Å². The van der Waals surface area contributed by atoms with E-state index in [-0.39, 0.29) is 24.9 Å². The Kier molecular flexibility index (Phi) is 9.52. The number of hydrogen-bond acceptors (Lipinski definition) is 5. The lowest BCUT2D eigenvalue weighted by atomic mass is 10.1. The number of carbonyl (C=O) groups excluding carboxylic acids is 2. The first-order chi connectivity index (χ1) is 15.8. The van der Waals surface area contributed by atoms with Gasteiger partial charge in [0.05, 0.1) is 0 Å². The van der Waals surface area contributed by atoms with Crippen LogP contribution in [-0.4, -0.2) is 46.2 Å². The minimum atomic E-state index is -1.25. The molecule has 11 heteroatoms. The molecule has 1 aromatic carbocycles. The Morgan fingerprint density at radius 3 is 2.32 bits per heavy atom. The number of carboxylic acids is 1. The molecular formula is C23H27Cl2N3O6. The van der Waals surface area contributed by atoms with Crippen LogP contribution in [-0.2, 0) is 16.0 Å². The zero-order chi connectivity index (χ0) is 25.5. The third kappa shape index (κ3) is 9.07. The number of alkyl carbamates (subject to hydrolysis) is 1. The van der Waals surface area contributed by atoms with E-state index in [0.29, 0.717) is 22.2 Å². The lowest BCUT2D eigenvalue weighted by molar-refractivity contribution is -0.139. The highest BCUT2D eigenvalue weighted by Crippen LogP contribution is 2.20. The molecule has 0 saturated carbocycles. The van der Waals surface area contributed by atoms with Crippen molar-refractivity contribution in [3.8, 4) is 0 Å². The molecule has 0 aliphatic carbocycles. The second-order valence-corrected chi connectivity index (χ2v) is 9.49. The number of pyridine rings is 1. The smallest absolute Gasteiger partial charge is 0.407 e. The Hall–Kier alpha value is -3.04.